The van der Waals surface area contributed by atoms with E-state index in [0.29, 0.717) is 6.04 Å². The van der Waals surface area contributed by atoms with E-state index < -0.39 is 0 Å². The van der Waals surface area contributed by atoms with Gasteiger partial charge in [-0.05, 0) is 60.3 Å². The largest absolute Gasteiger partial charge is 0.312 e. The molecule has 0 bridgehead atoms. The minimum Gasteiger partial charge on any atom is -0.312 e. The van der Waals surface area contributed by atoms with Crippen LogP contribution in [0, 0.1) is 6.92 Å². The van der Waals surface area contributed by atoms with Crippen LogP contribution in [0.3, 0.4) is 0 Å². The predicted octanol–water partition coefficient (Wildman–Crippen LogP) is 4.26. The predicted molar refractivity (Wildman–Crippen MR) is 91.5 cm³/mol. The summed E-state index contributed by atoms with van der Waals surface area (Å²) in [4.78, 5) is 0. The Labute approximate surface area is 135 Å². The molecule has 0 saturated carbocycles. The number of halogens is 1. The SMILES string of the molecule is CCCn1ncc(Br)c1C(CCc1ccccc1C)NC. The van der Waals surface area contributed by atoms with Gasteiger partial charge in [0, 0.05) is 6.54 Å². The number of benzene rings is 1. The van der Waals surface area contributed by atoms with Crippen molar-refractivity contribution in [1.82, 2.24) is 15.1 Å². The summed E-state index contributed by atoms with van der Waals surface area (Å²) in [6.07, 6.45) is 5.13. The number of nitrogens with zero attached hydrogens (tertiary/aromatic N) is 2. The number of nitrogens with one attached hydrogen (secondary N) is 1. The molecular formula is C17H24BrN3. The van der Waals surface area contributed by atoms with Gasteiger partial charge in [0.15, 0.2) is 0 Å². The summed E-state index contributed by atoms with van der Waals surface area (Å²) in [6, 6.07) is 8.93. The maximum Gasteiger partial charge on any atom is 0.0695 e. The van der Waals surface area contributed by atoms with Crippen molar-refractivity contribution in [3.05, 3.63) is 51.8 Å². The Morgan fingerprint density at radius 3 is 2.76 bits per heavy atom. The van der Waals surface area contributed by atoms with Crippen LogP contribution in [-0.2, 0) is 13.0 Å². The van der Waals surface area contributed by atoms with Gasteiger partial charge >= 0.3 is 0 Å². The first kappa shape index (κ1) is 16.2. The first-order chi connectivity index (χ1) is 10.2. The molecule has 0 radical (unpaired) electrons. The van der Waals surface area contributed by atoms with Crippen molar-refractivity contribution in [3.8, 4) is 0 Å². The molecule has 0 aliphatic carbocycles. The Morgan fingerprint density at radius 2 is 2.10 bits per heavy atom. The Hall–Kier alpha value is -1.13. The lowest BCUT2D eigenvalue weighted by molar-refractivity contribution is 0.475. The first-order valence-corrected chi connectivity index (χ1v) is 8.39. The van der Waals surface area contributed by atoms with Gasteiger partial charge in [-0.1, -0.05) is 31.2 Å². The summed E-state index contributed by atoms with van der Waals surface area (Å²) >= 11 is 3.65. The Morgan fingerprint density at radius 1 is 1.33 bits per heavy atom. The van der Waals surface area contributed by atoms with E-state index in [4.69, 9.17) is 0 Å². The van der Waals surface area contributed by atoms with Crippen molar-refractivity contribution in [2.75, 3.05) is 7.05 Å². The molecule has 1 aromatic heterocycles. The summed E-state index contributed by atoms with van der Waals surface area (Å²) in [6.45, 7) is 5.32. The molecule has 0 saturated heterocycles. The van der Waals surface area contributed by atoms with E-state index >= 15 is 0 Å². The molecular weight excluding hydrogens is 326 g/mol. The Bertz CT molecular complexity index is 577. The van der Waals surface area contributed by atoms with E-state index in [-0.39, 0.29) is 0 Å². The minimum atomic E-state index is 0.313. The average Bonchev–Trinajstić information content (AvgIpc) is 2.84. The second-order valence-electron chi connectivity index (χ2n) is 5.41. The Kier molecular flexibility index (Phi) is 6.00. The van der Waals surface area contributed by atoms with E-state index in [1.807, 2.05) is 13.2 Å². The van der Waals surface area contributed by atoms with Gasteiger partial charge in [0.25, 0.3) is 0 Å². The van der Waals surface area contributed by atoms with Gasteiger partial charge in [0.1, 0.15) is 0 Å². The molecule has 1 aromatic carbocycles. The normalized spacial score (nSPS) is 12.6. The zero-order valence-corrected chi connectivity index (χ0v) is 14.7. The third kappa shape index (κ3) is 3.95. The van der Waals surface area contributed by atoms with E-state index in [1.165, 1.54) is 16.8 Å². The van der Waals surface area contributed by atoms with Crippen LogP contribution in [0.5, 0.6) is 0 Å². The third-order valence-corrected chi connectivity index (χ3v) is 4.52. The van der Waals surface area contributed by atoms with Crippen molar-refractivity contribution in [2.45, 2.75) is 45.7 Å². The monoisotopic (exact) mass is 349 g/mol. The van der Waals surface area contributed by atoms with Gasteiger partial charge in [0.05, 0.1) is 22.4 Å². The third-order valence-electron chi connectivity index (χ3n) is 3.91. The lowest BCUT2D eigenvalue weighted by atomic mass is 9.99. The van der Waals surface area contributed by atoms with Crippen molar-refractivity contribution < 1.29 is 0 Å². The quantitative estimate of drug-likeness (QED) is 0.809. The zero-order valence-electron chi connectivity index (χ0n) is 13.1. The molecule has 1 heterocycles. The topological polar surface area (TPSA) is 29.9 Å². The molecule has 21 heavy (non-hydrogen) atoms. The van der Waals surface area contributed by atoms with Crippen LogP contribution in [0.25, 0.3) is 0 Å². The fourth-order valence-electron chi connectivity index (χ4n) is 2.72. The summed E-state index contributed by atoms with van der Waals surface area (Å²) in [5.74, 6) is 0. The summed E-state index contributed by atoms with van der Waals surface area (Å²) in [5, 5.41) is 7.92. The molecule has 3 nitrogen and oxygen atoms in total. The van der Waals surface area contributed by atoms with E-state index in [9.17, 15) is 0 Å². The van der Waals surface area contributed by atoms with Crippen LogP contribution >= 0.6 is 15.9 Å². The van der Waals surface area contributed by atoms with Crippen LogP contribution in [0.15, 0.2) is 34.9 Å². The lowest BCUT2D eigenvalue weighted by Gasteiger charge is -2.19. The van der Waals surface area contributed by atoms with Crippen LogP contribution in [0.4, 0.5) is 0 Å². The molecule has 1 atom stereocenters. The van der Waals surface area contributed by atoms with Gasteiger partial charge in [-0.2, -0.15) is 5.10 Å². The van der Waals surface area contributed by atoms with Crippen molar-refractivity contribution in [1.29, 1.82) is 0 Å². The highest BCUT2D eigenvalue weighted by atomic mass is 79.9. The number of hydrogen-bond donors (Lipinski definition) is 1. The smallest absolute Gasteiger partial charge is 0.0695 e. The molecule has 0 amide bonds. The molecule has 0 spiro atoms. The molecule has 0 fully saturated rings. The second-order valence-corrected chi connectivity index (χ2v) is 6.26. The number of aromatic nitrogens is 2. The van der Waals surface area contributed by atoms with E-state index in [2.05, 4.69) is 69.1 Å². The average molecular weight is 350 g/mol. The molecule has 0 aliphatic heterocycles. The molecule has 4 heteroatoms. The van der Waals surface area contributed by atoms with E-state index in [1.54, 1.807) is 0 Å². The molecule has 1 unspecified atom stereocenters. The lowest BCUT2D eigenvalue weighted by Crippen LogP contribution is -2.21. The summed E-state index contributed by atoms with van der Waals surface area (Å²) in [7, 11) is 2.03. The standard InChI is InChI=1S/C17H24BrN3/c1-4-11-21-17(15(18)12-20-21)16(19-3)10-9-14-8-6-5-7-13(14)2/h5-8,12,16,19H,4,9-11H2,1-3H3. The molecule has 2 aromatic rings. The number of rotatable bonds is 7. The van der Waals surface area contributed by atoms with Gasteiger partial charge in [0.2, 0.25) is 0 Å². The summed E-state index contributed by atoms with van der Waals surface area (Å²) < 4.78 is 3.21. The molecule has 1 N–H and O–H groups in total. The first-order valence-electron chi connectivity index (χ1n) is 7.60. The van der Waals surface area contributed by atoms with Crippen LogP contribution in [0.2, 0.25) is 0 Å². The minimum absolute atomic E-state index is 0.313. The van der Waals surface area contributed by atoms with Crippen molar-refractivity contribution in [3.63, 3.8) is 0 Å². The van der Waals surface area contributed by atoms with Gasteiger partial charge in [-0.25, -0.2) is 0 Å². The fraction of sp³-hybridized carbons (Fsp3) is 0.471. The van der Waals surface area contributed by atoms with Crippen LogP contribution < -0.4 is 5.32 Å². The van der Waals surface area contributed by atoms with Gasteiger partial charge in [-0.3, -0.25) is 4.68 Å². The zero-order chi connectivity index (χ0) is 15.2. The fourth-order valence-corrected chi connectivity index (χ4v) is 3.29. The highest BCUT2D eigenvalue weighted by Crippen LogP contribution is 2.27. The van der Waals surface area contributed by atoms with Gasteiger partial charge in [-0.15, -0.1) is 0 Å². The summed E-state index contributed by atoms with van der Waals surface area (Å²) in [5.41, 5.74) is 4.05. The number of aryl methyl sites for hydroxylation is 3. The van der Waals surface area contributed by atoms with Gasteiger partial charge < -0.3 is 5.32 Å². The van der Waals surface area contributed by atoms with Crippen molar-refractivity contribution in [2.24, 2.45) is 0 Å². The van der Waals surface area contributed by atoms with E-state index in [0.717, 1.165) is 30.3 Å². The second kappa shape index (κ2) is 7.76. The van der Waals surface area contributed by atoms with Crippen LogP contribution in [-0.4, -0.2) is 16.8 Å². The maximum atomic E-state index is 4.48. The van der Waals surface area contributed by atoms with Crippen molar-refractivity contribution >= 4 is 15.9 Å². The highest BCUT2D eigenvalue weighted by Gasteiger charge is 2.18. The van der Waals surface area contributed by atoms with Crippen LogP contribution in [0.1, 0.15) is 42.6 Å². The molecule has 114 valence electrons. The maximum absolute atomic E-state index is 4.48. The number of hydrogen-bond acceptors (Lipinski definition) is 2. The Balaban J connectivity index is 2.13. The molecule has 0 aliphatic rings. The molecule has 2 rings (SSSR count). The highest BCUT2D eigenvalue weighted by molar-refractivity contribution is 9.10.